The number of Topliss-reactive ketones (excluding diaryl/α,β-unsaturated/α-hetero) is 1. The molecular weight excluding hydrogens is 308 g/mol. The fraction of sp³-hybridized carbons (Fsp3) is 0.316. The highest BCUT2D eigenvalue weighted by atomic mass is 35.5. The molecule has 3 rings (SSSR count). The molecule has 2 aromatic carbocycles. The molecule has 2 atom stereocenters. The van der Waals surface area contributed by atoms with Crippen LogP contribution in [-0.2, 0) is 13.0 Å². The summed E-state index contributed by atoms with van der Waals surface area (Å²) in [6, 6.07) is 13.8. The van der Waals surface area contributed by atoms with Gasteiger partial charge in [-0.25, -0.2) is 0 Å². The molecule has 1 heterocycles. The van der Waals surface area contributed by atoms with Crippen molar-refractivity contribution in [2.45, 2.75) is 38.9 Å². The van der Waals surface area contributed by atoms with Crippen molar-refractivity contribution >= 4 is 23.1 Å². The molecule has 0 saturated carbocycles. The van der Waals surface area contributed by atoms with Gasteiger partial charge in [-0.1, -0.05) is 23.7 Å². The summed E-state index contributed by atoms with van der Waals surface area (Å²) in [7, 11) is 0. The zero-order chi connectivity index (χ0) is 16.4. The predicted octanol–water partition coefficient (Wildman–Crippen LogP) is 4.06. The smallest absolute Gasteiger partial charge is 0.179 e. The molecule has 0 aromatic heterocycles. The predicted molar refractivity (Wildman–Crippen MR) is 95.3 cm³/mol. The van der Waals surface area contributed by atoms with E-state index in [1.165, 1.54) is 5.56 Å². The fourth-order valence-corrected chi connectivity index (χ4v) is 3.04. The summed E-state index contributed by atoms with van der Waals surface area (Å²) >= 11 is 5.88. The van der Waals surface area contributed by atoms with Gasteiger partial charge < -0.3 is 10.6 Å². The summed E-state index contributed by atoms with van der Waals surface area (Å²) in [5.74, 6) is 0.126. The van der Waals surface area contributed by atoms with E-state index in [1.54, 1.807) is 0 Å². The van der Waals surface area contributed by atoms with E-state index >= 15 is 0 Å². The third-order valence-electron chi connectivity index (χ3n) is 4.24. The lowest BCUT2D eigenvalue weighted by Gasteiger charge is -2.14. The number of anilines is 1. The highest BCUT2D eigenvalue weighted by Crippen LogP contribution is 2.27. The van der Waals surface area contributed by atoms with Crippen molar-refractivity contribution in [3.05, 3.63) is 64.2 Å². The largest absolute Gasteiger partial charge is 0.382 e. The van der Waals surface area contributed by atoms with Crippen molar-refractivity contribution in [3.63, 3.8) is 0 Å². The monoisotopic (exact) mass is 328 g/mol. The number of ketones is 1. The number of carbonyl (C=O) groups is 1. The van der Waals surface area contributed by atoms with Crippen LogP contribution < -0.4 is 10.6 Å². The highest BCUT2D eigenvalue weighted by molar-refractivity contribution is 6.30. The van der Waals surface area contributed by atoms with Gasteiger partial charge in [0.1, 0.15) is 0 Å². The normalized spacial score (nSPS) is 17.4. The number of halogens is 1. The first-order valence-corrected chi connectivity index (χ1v) is 8.32. The van der Waals surface area contributed by atoms with Crippen LogP contribution in [0.25, 0.3) is 0 Å². The van der Waals surface area contributed by atoms with Gasteiger partial charge in [-0.3, -0.25) is 4.79 Å². The van der Waals surface area contributed by atoms with Crippen LogP contribution in [0.3, 0.4) is 0 Å². The van der Waals surface area contributed by atoms with E-state index in [-0.39, 0.29) is 11.8 Å². The minimum absolute atomic E-state index is 0.126. The van der Waals surface area contributed by atoms with E-state index in [2.05, 4.69) is 17.6 Å². The number of nitrogens with one attached hydrogen (secondary N) is 2. The van der Waals surface area contributed by atoms with E-state index in [0.29, 0.717) is 12.6 Å². The van der Waals surface area contributed by atoms with Crippen molar-refractivity contribution in [3.8, 4) is 0 Å². The van der Waals surface area contributed by atoms with Crippen molar-refractivity contribution in [2.24, 2.45) is 0 Å². The molecule has 0 fully saturated rings. The van der Waals surface area contributed by atoms with E-state index < -0.39 is 0 Å². The highest BCUT2D eigenvalue weighted by Gasteiger charge is 2.20. The Kier molecular flexibility index (Phi) is 4.69. The van der Waals surface area contributed by atoms with Gasteiger partial charge in [0.05, 0.1) is 6.04 Å². The van der Waals surface area contributed by atoms with Gasteiger partial charge in [0, 0.05) is 28.9 Å². The summed E-state index contributed by atoms with van der Waals surface area (Å²) < 4.78 is 0. The molecule has 0 bridgehead atoms. The molecule has 4 heteroatoms. The number of rotatable bonds is 5. The standard InChI is InChI=1S/C19H21ClN2O/c1-12-9-16-10-15(5-8-18(16)22-12)19(23)13(2)21-11-14-3-6-17(20)7-4-14/h3-8,10,12-13,21-22H,9,11H2,1-2H3. The van der Waals surface area contributed by atoms with E-state index in [1.807, 2.05) is 49.4 Å². The van der Waals surface area contributed by atoms with E-state index in [9.17, 15) is 4.79 Å². The van der Waals surface area contributed by atoms with Crippen LogP contribution in [0, 0.1) is 0 Å². The number of carbonyl (C=O) groups excluding carboxylic acids is 1. The zero-order valence-corrected chi connectivity index (χ0v) is 14.2. The van der Waals surface area contributed by atoms with Crippen molar-refractivity contribution in [2.75, 3.05) is 5.32 Å². The maximum Gasteiger partial charge on any atom is 0.179 e. The summed E-state index contributed by atoms with van der Waals surface area (Å²) in [6.07, 6.45) is 0.975. The Balaban J connectivity index is 1.63. The van der Waals surface area contributed by atoms with Gasteiger partial charge in [-0.15, -0.1) is 0 Å². The number of hydrogen-bond acceptors (Lipinski definition) is 3. The Bertz CT molecular complexity index is 712. The first kappa shape index (κ1) is 16.0. The van der Waals surface area contributed by atoms with Crippen LogP contribution in [0.15, 0.2) is 42.5 Å². The van der Waals surface area contributed by atoms with Gasteiger partial charge in [0.2, 0.25) is 0 Å². The van der Waals surface area contributed by atoms with Crippen molar-refractivity contribution in [1.29, 1.82) is 0 Å². The lowest BCUT2D eigenvalue weighted by atomic mass is 10.0. The first-order chi connectivity index (χ1) is 11.0. The molecule has 23 heavy (non-hydrogen) atoms. The average molecular weight is 329 g/mol. The van der Waals surface area contributed by atoms with Gasteiger partial charge in [0.25, 0.3) is 0 Å². The molecule has 0 radical (unpaired) electrons. The lowest BCUT2D eigenvalue weighted by molar-refractivity contribution is 0.0950. The molecule has 0 saturated heterocycles. The van der Waals surface area contributed by atoms with Crippen LogP contribution >= 0.6 is 11.6 Å². The zero-order valence-electron chi connectivity index (χ0n) is 13.4. The van der Waals surface area contributed by atoms with Crippen LogP contribution in [0.4, 0.5) is 5.69 Å². The molecule has 1 aliphatic heterocycles. The number of fused-ring (bicyclic) bond motifs is 1. The molecule has 1 aliphatic rings. The second kappa shape index (κ2) is 6.73. The van der Waals surface area contributed by atoms with Gasteiger partial charge in [-0.2, -0.15) is 0 Å². The number of hydrogen-bond donors (Lipinski definition) is 2. The Morgan fingerprint density at radius 3 is 2.78 bits per heavy atom. The van der Waals surface area contributed by atoms with Crippen LogP contribution in [0.5, 0.6) is 0 Å². The quantitative estimate of drug-likeness (QED) is 0.813. The Labute approximate surface area is 142 Å². The molecule has 120 valence electrons. The first-order valence-electron chi connectivity index (χ1n) is 7.94. The van der Waals surface area contributed by atoms with Crippen LogP contribution in [0.2, 0.25) is 5.02 Å². The molecule has 2 N–H and O–H groups in total. The van der Waals surface area contributed by atoms with Crippen molar-refractivity contribution in [1.82, 2.24) is 5.32 Å². The Morgan fingerprint density at radius 2 is 2.04 bits per heavy atom. The minimum atomic E-state index is -0.226. The molecule has 3 nitrogen and oxygen atoms in total. The van der Waals surface area contributed by atoms with Gasteiger partial charge in [0.15, 0.2) is 5.78 Å². The summed E-state index contributed by atoms with van der Waals surface area (Å²) in [5.41, 5.74) is 4.26. The molecule has 0 spiro atoms. The molecule has 2 aromatic rings. The summed E-state index contributed by atoms with van der Waals surface area (Å²) in [6.45, 7) is 4.71. The minimum Gasteiger partial charge on any atom is -0.382 e. The second-order valence-electron chi connectivity index (χ2n) is 6.21. The Morgan fingerprint density at radius 1 is 1.30 bits per heavy atom. The summed E-state index contributed by atoms with van der Waals surface area (Å²) in [4.78, 5) is 12.6. The van der Waals surface area contributed by atoms with Gasteiger partial charge in [-0.05, 0) is 61.7 Å². The fourth-order valence-electron chi connectivity index (χ4n) is 2.92. The lowest BCUT2D eigenvalue weighted by Crippen LogP contribution is -2.33. The maximum atomic E-state index is 12.6. The van der Waals surface area contributed by atoms with Gasteiger partial charge >= 0.3 is 0 Å². The van der Waals surface area contributed by atoms with Crippen molar-refractivity contribution < 1.29 is 4.79 Å². The van der Waals surface area contributed by atoms with E-state index in [4.69, 9.17) is 11.6 Å². The SMILES string of the molecule is CC1Cc2cc(C(=O)C(C)NCc3ccc(Cl)cc3)ccc2N1. The second-order valence-corrected chi connectivity index (χ2v) is 6.65. The topological polar surface area (TPSA) is 41.1 Å². The maximum absolute atomic E-state index is 12.6. The average Bonchev–Trinajstić information content (AvgIpc) is 2.92. The Hall–Kier alpha value is -1.84. The summed E-state index contributed by atoms with van der Waals surface area (Å²) in [5, 5.41) is 7.41. The molecule has 2 unspecified atom stereocenters. The van der Waals surface area contributed by atoms with Crippen LogP contribution in [-0.4, -0.2) is 17.9 Å². The molecule has 0 amide bonds. The third-order valence-corrected chi connectivity index (χ3v) is 4.49. The molecular formula is C19H21ClN2O. The van der Waals surface area contributed by atoms with E-state index in [0.717, 1.165) is 28.3 Å². The third kappa shape index (κ3) is 3.74. The van der Waals surface area contributed by atoms with Crippen LogP contribution in [0.1, 0.15) is 35.3 Å². The molecule has 0 aliphatic carbocycles. The number of benzene rings is 2.